The molecule has 115 heavy (non-hydrogen) atoms. The molecule has 0 radical (unpaired) electrons. The van der Waals surface area contributed by atoms with Crippen LogP contribution in [-0.2, 0) is 33.1 Å². The van der Waals surface area contributed by atoms with Crippen molar-refractivity contribution in [2.24, 2.45) is 10.8 Å². The van der Waals surface area contributed by atoms with Crippen molar-refractivity contribution < 1.29 is 90.1 Å². The summed E-state index contributed by atoms with van der Waals surface area (Å²) in [7, 11) is 7.36. The maximum Gasteiger partial charge on any atom is 1.00 e. The summed E-state index contributed by atoms with van der Waals surface area (Å²) in [6.07, 6.45) is 2.56. The number of ether oxygens (including phenoxy) is 2. The van der Waals surface area contributed by atoms with Crippen LogP contribution in [0.3, 0.4) is 0 Å². The molecule has 3 aliphatic rings. The Kier molecular flexibility index (Phi) is 41.9. The number of fused-ring (bicyclic) bond motifs is 3. The van der Waals surface area contributed by atoms with Gasteiger partial charge in [-0.1, -0.05) is 213 Å². The molecule has 11 aromatic rings. The van der Waals surface area contributed by atoms with Gasteiger partial charge in [0.05, 0.1) is 77.3 Å². The number of hydrogen-bond acceptors (Lipinski definition) is 27. The summed E-state index contributed by atoms with van der Waals surface area (Å²) < 4.78 is 26.0. The number of nitrogen functional groups attached to an aromatic ring is 1. The predicted molar refractivity (Wildman–Crippen MR) is 437 cm³/mol. The van der Waals surface area contributed by atoms with Crippen LogP contribution in [0.4, 0.5) is 14.8 Å². The average Bonchev–Trinajstić information content (AvgIpc) is 1.63. The van der Waals surface area contributed by atoms with E-state index in [1.165, 1.54) is 23.7 Å². The number of amides is 7. The predicted octanol–water partition coefficient (Wildman–Crippen LogP) is 10.6. The molecule has 0 bridgehead atoms. The minimum absolute atomic E-state index is 0. The number of carbonyl (C=O) groups is 10. The second kappa shape index (κ2) is 50.7. The number of benzene rings is 9. The van der Waals surface area contributed by atoms with E-state index in [4.69, 9.17) is 31.5 Å². The Hall–Kier alpha value is -12.3. The minimum Gasteiger partial charge on any atom is -0.465 e. The number of imide groups is 3. The maximum absolute atomic E-state index is 12.6. The first-order valence-electron chi connectivity index (χ1n) is 33.1. The van der Waals surface area contributed by atoms with Gasteiger partial charge in [0, 0.05) is 66.7 Å². The third-order valence-electron chi connectivity index (χ3n) is 15.0. The Morgan fingerprint density at radius 2 is 0.835 bits per heavy atom. The van der Waals surface area contributed by atoms with Crippen LogP contribution in [0.1, 0.15) is 113 Å². The molecule has 0 saturated heterocycles. The van der Waals surface area contributed by atoms with Crippen molar-refractivity contribution in [3.05, 3.63) is 310 Å². The zero-order chi connectivity index (χ0) is 82.2. The minimum atomic E-state index is -1.67. The second-order valence-corrected chi connectivity index (χ2v) is 26.6. The van der Waals surface area contributed by atoms with Gasteiger partial charge in [-0.15, -0.1) is 22.3 Å². The molecule has 0 saturated carbocycles. The number of hydrazone groups is 1. The average molecular weight is 1710 g/mol. The maximum atomic E-state index is 12.6. The van der Waals surface area contributed by atoms with E-state index in [0.29, 0.717) is 77.9 Å². The smallest absolute Gasteiger partial charge is 0.465 e. The topological polar surface area (TPSA) is 461 Å². The number of rotatable bonds is 17. The first-order chi connectivity index (χ1) is 54.7. The Bertz CT molecular complexity index is 5030. The standard InChI is InChI=1S/C19H17N3O4.C16H9N3O2S.C16H11NO3.C8H7BrO.C8H7N3S.C8H4O2.C4H9NO2.Cl2OS.Li.H2N2.H3N/c1-2-26-19(25)21-20-16(13-8-4-3-5-9-13)12-22-17(23)14-10-6-7-11-15(14)18(22)24;20-14-11-8-4-5-9-12(11)15(21)19(14)16-13(17-18-22-16)10-6-2-1-3-7-10;18-14(11-6-2-1-3-7-11)10-17-15(19)12-8-4-5-9-13(12)16(17)20;9-6-8(10)7-4-2-1-3-5-7;9-8-7(10-11-12-8)6-4-2-1-3-5-6;9-5-7-3-1-2-4-8(7)6-10;1-2-7-4(6)3-5;1-4(2)3;;1-2;/h3-11H,2,12H2,1H3,(H,21,25);1-9H;1-9H,10H2;1-5H,6H2;1-5H,9H2;1-4H;2-3,5H2,1H3;;;1-2H;1H3/q;;;;;-2;;;+1;;/b20-16-;;;;;;;;;;. The van der Waals surface area contributed by atoms with Crippen molar-refractivity contribution in [2.45, 2.75) is 13.8 Å². The summed E-state index contributed by atoms with van der Waals surface area (Å²) >= 11 is 5.36. The van der Waals surface area contributed by atoms with Crippen molar-refractivity contribution in [1.82, 2.24) is 40.6 Å². The normalized spacial score (nSPS) is 11.5. The number of ketones is 2. The molecule has 0 fully saturated rings. The molecule has 0 unspecified atom stereocenters. The van der Waals surface area contributed by atoms with Crippen LogP contribution in [0.15, 0.2) is 254 Å². The molecule has 5 heterocycles. The van der Waals surface area contributed by atoms with Gasteiger partial charge in [-0.05, 0) is 68.4 Å². The number of alkyl halides is 1. The molecule has 3 aliphatic heterocycles. The Morgan fingerprint density at radius 3 is 1.19 bits per heavy atom. The van der Waals surface area contributed by atoms with Gasteiger partial charge in [-0.25, -0.2) is 42.5 Å². The summed E-state index contributed by atoms with van der Waals surface area (Å²) in [6, 6.07) is 72.5. The molecule has 9 aromatic carbocycles. The number of halogens is 3. The van der Waals surface area contributed by atoms with Gasteiger partial charge in [-0.3, -0.25) is 64.1 Å². The Labute approximate surface area is 699 Å². The van der Waals surface area contributed by atoms with E-state index >= 15 is 0 Å². The molecule has 7 amide bonds. The number of nitrogens with one attached hydrogen (secondary N) is 3. The summed E-state index contributed by atoms with van der Waals surface area (Å²) in [5.41, 5.74) is 31.1. The van der Waals surface area contributed by atoms with Gasteiger partial charge >= 0.3 is 30.9 Å². The number of anilines is 2. The van der Waals surface area contributed by atoms with E-state index < -0.39 is 27.1 Å². The largest absolute Gasteiger partial charge is 1.00 e. The molecular weight excluding hydrogens is 1640 g/mol. The first-order valence-corrected chi connectivity index (χ1v) is 38.6. The number of nitrogens with zero attached hydrogens (tertiary/aromatic N) is 8. The number of nitrogens with two attached hydrogens (primary N) is 2. The first kappa shape index (κ1) is 95.1. The van der Waals surface area contributed by atoms with E-state index in [2.05, 4.69) is 71.7 Å². The third-order valence-corrected chi connectivity index (χ3v) is 16.8. The van der Waals surface area contributed by atoms with Gasteiger partial charge in [-0.2, -0.15) is 5.10 Å². The van der Waals surface area contributed by atoms with Crippen LogP contribution in [0.25, 0.3) is 22.5 Å². The van der Waals surface area contributed by atoms with Gasteiger partial charge in [0.1, 0.15) is 16.4 Å². The number of aromatic nitrogens is 4. The molecule has 14 rings (SSSR count). The molecule has 0 atom stereocenters. The number of carbonyl (C=O) groups excluding carboxylic acids is 12. The van der Waals surface area contributed by atoms with E-state index in [9.17, 15) is 57.5 Å². The Balaban J connectivity index is 0.000000289. The van der Waals surface area contributed by atoms with Crippen molar-refractivity contribution in [2.75, 3.05) is 48.8 Å². The fourth-order valence-electron chi connectivity index (χ4n) is 9.93. The quantitative estimate of drug-likeness (QED) is 0.00471. The van der Waals surface area contributed by atoms with E-state index in [1.54, 1.807) is 166 Å². The molecule has 36 heteroatoms. The fraction of sp³-hybridized carbons (Fsp3) is 0.101. The van der Waals surface area contributed by atoms with E-state index in [0.717, 1.165) is 48.6 Å². The number of hydrogen-bond donors (Lipinski definition) is 6. The van der Waals surface area contributed by atoms with E-state index in [-0.39, 0.29) is 104 Å². The zero-order valence-electron chi connectivity index (χ0n) is 61.3. The summed E-state index contributed by atoms with van der Waals surface area (Å²) in [5.74, 6) is -2.71. The van der Waals surface area contributed by atoms with Crippen molar-refractivity contribution in [1.29, 1.82) is 11.1 Å². The summed E-state index contributed by atoms with van der Waals surface area (Å²) in [4.78, 5) is 143. The fourth-order valence-corrected chi connectivity index (χ4v) is 11.4. The molecule has 586 valence electrons. The van der Waals surface area contributed by atoms with Crippen molar-refractivity contribution >= 4 is 157 Å². The van der Waals surface area contributed by atoms with Gasteiger partial charge in [0.15, 0.2) is 16.6 Å². The van der Waals surface area contributed by atoms with Gasteiger partial charge < -0.3 is 36.7 Å². The molecule has 10 N–H and O–H groups in total. The number of Topliss-reactive ketones (excluding diaryl/α,β-unsaturated/α-hetero) is 2. The zero-order valence-corrected chi connectivity index (χ0v) is 66.9. The van der Waals surface area contributed by atoms with Crippen LogP contribution < -0.4 is 46.8 Å². The Morgan fingerprint density at radius 1 is 0.504 bits per heavy atom. The van der Waals surface area contributed by atoms with Crippen LogP contribution >= 0.6 is 60.4 Å². The van der Waals surface area contributed by atoms with Crippen LogP contribution in [0.2, 0.25) is 0 Å². The summed E-state index contributed by atoms with van der Waals surface area (Å²) in [6.45, 7) is 3.73. The van der Waals surface area contributed by atoms with Gasteiger partial charge in [0.25, 0.3) is 35.4 Å². The third kappa shape index (κ3) is 27.8. The second-order valence-electron chi connectivity index (χ2n) is 22.0. The SMILES string of the molecule is CCOC(=O)CN.CCOC(=O)N/N=C(/CN1C(=O)c2ccccc2C1=O)c1ccccc1.N.N=N.Nc1snnc1-c1ccccc1.O=C(CBr)c1ccccc1.O=C(CN1C(=O)c2ccccc2C1=O)c1ccccc1.O=C1c2ccccc2C(=O)N1c1snnc1-c1ccccc1.O=S(Cl)Cl.O=[C-]c1ccccc1[C-]=O.[Li+]. The van der Waals surface area contributed by atoms with Crippen LogP contribution in [0, 0.1) is 11.1 Å². The van der Waals surface area contributed by atoms with Gasteiger partial charge in [0.2, 0.25) is 9.23 Å². The van der Waals surface area contributed by atoms with Crippen molar-refractivity contribution in [3.8, 4) is 22.5 Å². The molecule has 29 nitrogen and oxygen atoms in total. The monoisotopic (exact) mass is 1710 g/mol. The molecule has 0 aliphatic carbocycles. The molecule has 0 spiro atoms. The summed E-state index contributed by atoms with van der Waals surface area (Å²) in [5, 5.41) is 13.6. The molecular formula is C79H69BrCl2LiN14O15S3-. The van der Waals surface area contributed by atoms with Crippen LogP contribution in [-0.4, -0.2) is 149 Å². The molecule has 2 aromatic heterocycles. The number of esters is 1. The van der Waals surface area contributed by atoms with E-state index in [1.807, 2.05) is 97.1 Å². The van der Waals surface area contributed by atoms with Crippen LogP contribution in [0.5, 0.6) is 0 Å². The van der Waals surface area contributed by atoms with Crippen molar-refractivity contribution in [3.63, 3.8) is 0 Å².